The lowest BCUT2D eigenvalue weighted by atomic mass is 10.2. The quantitative estimate of drug-likeness (QED) is 0.435. The molecular weight excluding hydrogens is 360 g/mol. The first-order valence-corrected chi connectivity index (χ1v) is 7.69. The summed E-state index contributed by atoms with van der Waals surface area (Å²) >= 11 is 3.40. The molecule has 0 saturated heterocycles. The molecule has 4 rings (SSSR count). The van der Waals surface area contributed by atoms with Gasteiger partial charge in [-0.05, 0) is 36.4 Å². The van der Waals surface area contributed by atoms with Crippen molar-refractivity contribution in [2.45, 2.75) is 0 Å². The molecule has 2 aromatic carbocycles. The largest absolute Gasteiger partial charge is 0.350 e. The van der Waals surface area contributed by atoms with Crippen molar-refractivity contribution >= 4 is 49.5 Å². The average molecular weight is 371 g/mol. The van der Waals surface area contributed by atoms with Crippen molar-refractivity contribution in [3.05, 3.63) is 63.1 Å². The second kappa shape index (κ2) is 5.13. The first kappa shape index (κ1) is 13.8. The van der Waals surface area contributed by atoms with E-state index in [9.17, 15) is 9.59 Å². The monoisotopic (exact) mass is 370 g/mol. The molecule has 0 fully saturated rings. The molecule has 4 aromatic rings. The normalized spacial score (nSPS) is 11.2. The fraction of sp³-hybridized carbons (Fsp3) is 0. The van der Waals surface area contributed by atoms with Crippen LogP contribution in [0.4, 0.5) is 5.69 Å². The van der Waals surface area contributed by atoms with Crippen LogP contribution in [0.15, 0.2) is 51.7 Å². The number of H-pyrrole nitrogens is 3. The smallest absolute Gasteiger partial charge is 0.323 e. The Morgan fingerprint density at radius 3 is 2.61 bits per heavy atom. The molecule has 23 heavy (non-hydrogen) atoms. The molecule has 0 aliphatic carbocycles. The van der Waals surface area contributed by atoms with Crippen molar-refractivity contribution < 1.29 is 4.79 Å². The molecule has 0 unspecified atom stereocenters. The Kier molecular flexibility index (Phi) is 3.09. The van der Waals surface area contributed by atoms with Crippen LogP contribution in [0.3, 0.4) is 0 Å². The highest BCUT2D eigenvalue weighted by molar-refractivity contribution is 9.10. The minimum atomic E-state index is -0.273. The summed E-state index contributed by atoms with van der Waals surface area (Å²) in [6, 6.07) is 12.8. The van der Waals surface area contributed by atoms with E-state index in [0.717, 1.165) is 15.4 Å². The highest BCUT2D eigenvalue weighted by Gasteiger charge is 2.10. The molecule has 0 radical (unpaired) electrons. The molecule has 0 saturated carbocycles. The van der Waals surface area contributed by atoms with E-state index in [1.54, 1.807) is 24.3 Å². The summed E-state index contributed by atoms with van der Waals surface area (Å²) in [5.41, 5.74) is 3.04. The van der Waals surface area contributed by atoms with Gasteiger partial charge in [-0.15, -0.1) is 0 Å². The van der Waals surface area contributed by atoms with Gasteiger partial charge in [-0.1, -0.05) is 22.0 Å². The van der Waals surface area contributed by atoms with Crippen LogP contribution in [-0.4, -0.2) is 20.9 Å². The topological polar surface area (TPSA) is 93.5 Å². The van der Waals surface area contributed by atoms with E-state index < -0.39 is 0 Å². The zero-order chi connectivity index (χ0) is 16.0. The fourth-order valence-corrected chi connectivity index (χ4v) is 2.89. The number of hydrogen-bond donors (Lipinski definition) is 4. The maximum Gasteiger partial charge on any atom is 0.323 e. The Balaban J connectivity index is 1.65. The zero-order valence-corrected chi connectivity index (χ0v) is 13.3. The number of amides is 1. The molecule has 4 N–H and O–H groups in total. The number of nitrogens with one attached hydrogen (secondary N) is 4. The Bertz CT molecular complexity index is 1110. The van der Waals surface area contributed by atoms with E-state index >= 15 is 0 Å². The number of carbonyl (C=O) groups excluding carboxylic acids is 1. The minimum absolute atomic E-state index is 0.241. The summed E-state index contributed by atoms with van der Waals surface area (Å²) in [5.74, 6) is -0.241. The van der Waals surface area contributed by atoms with Gasteiger partial charge < -0.3 is 20.3 Å². The average Bonchev–Trinajstić information content (AvgIpc) is 3.08. The molecule has 0 atom stereocenters. The summed E-state index contributed by atoms with van der Waals surface area (Å²) < 4.78 is 0.945. The Labute approximate surface area is 138 Å². The van der Waals surface area contributed by atoms with Crippen molar-refractivity contribution in [2.24, 2.45) is 0 Å². The van der Waals surface area contributed by atoms with Gasteiger partial charge in [0.05, 0.1) is 11.0 Å². The molecule has 0 aliphatic heterocycles. The number of aromatic nitrogens is 3. The van der Waals surface area contributed by atoms with Crippen LogP contribution in [0.2, 0.25) is 0 Å². The summed E-state index contributed by atoms with van der Waals surface area (Å²) in [5, 5.41) is 3.78. The van der Waals surface area contributed by atoms with Crippen LogP contribution in [0.25, 0.3) is 21.9 Å². The van der Waals surface area contributed by atoms with Gasteiger partial charge >= 0.3 is 5.69 Å². The van der Waals surface area contributed by atoms with Crippen molar-refractivity contribution in [2.75, 3.05) is 5.32 Å². The molecule has 0 bridgehead atoms. The standard InChI is InChI=1S/C16H11BrN4O2/c17-9-2-1-8-5-14(19-12(8)6-9)15(22)18-10-3-4-11-13(7-10)21-16(23)20-11/h1-7,19H,(H,18,22)(H2,20,21,23). The van der Waals surface area contributed by atoms with Crippen LogP contribution < -0.4 is 11.0 Å². The van der Waals surface area contributed by atoms with Crippen LogP contribution >= 0.6 is 15.9 Å². The summed E-state index contributed by atoms with van der Waals surface area (Å²) in [6.45, 7) is 0. The maximum absolute atomic E-state index is 12.4. The van der Waals surface area contributed by atoms with Gasteiger partial charge in [0, 0.05) is 21.1 Å². The van der Waals surface area contributed by atoms with Crippen molar-refractivity contribution in [3.8, 4) is 0 Å². The molecule has 114 valence electrons. The molecule has 1 amide bonds. The van der Waals surface area contributed by atoms with Gasteiger partial charge in [0.25, 0.3) is 5.91 Å². The van der Waals surface area contributed by atoms with Crippen molar-refractivity contribution in [1.82, 2.24) is 15.0 Å². The van der Waals surface area contributed by atoms with Crippen molar-refractivity contribution in [3.63, 3.8) is 0 Å². The first-order chi connectivity index (χ1) is 11.1. The number of fused-ring (bicyclic) bond motifs is 2. The predicted octanol–water partition coefficient (Wildman–Crippen LogP) is 3.35. The molecule has 2 heterocycles. The third-order valence-corrected chi connectivity index (χ3v) is 4.10. The SMILES string of the molecule is O=C(Nc1ccc2[nH]c(=O)[nH]c2c1)c1cc2ccc(Br)cc2[nH]1. The van der Waals surface area contributed by atoms with Gasteiger partial charge in [-0.2, -0.15) is 0 Å². The molecule has 0 aliphatic rings. The van der Waals surface area contributed by atoms with Gasteiger partial charge in [-0.25, -0.2) is 4.79 Å². The maximum atomic E-state index is 12.4. The summed E-state index contributed by atoms with van der Waals surface area (Å²) in [4.78, 5) is 32.1. The molecular formula is C16H11BrN4O2. The first-order valence-electron chi connectivity index (χ1n) is 6.90. The lowest BCUT2D eigenvalue weighted by molar-refractivity contribution is 0.102. The van der Waals surface area contributed by atoms with E-state index in [2.05, 4.69) is 36.2 Å². The van der Waals surface area contributed by atoms with Crippen LogP contribution in [0.1, 0.15) is 10.5 Å². The number of rotatable bonds is 2. The second-order valence-electron chi connectivity index (χ2n) is 5.21. The Morgan fingerprint density at radius 1 is 0.913 bits per heavy atom. The van der Waals surface area contributed by atoms with E-state index in [0.29, 0.717) is 22.4 Å². The van der Waals surface area contributed by atoms with Gasteiger partial charge in [0.15, 0.2) is 0 Å². The Morgan fingerprint density at radius 2 is 1.74 bits per heavy atom. The number of carbonyl (C=O) groups is 1. The van der Waals surface area contributed by atoms with Gasteiger partial charge in [-0.3, -0.25) is 4.79 Å². The number of benzene rings is 2. The Hall–Kier alpha value is -2.80. The fourth-order valence-electron chi connectivity index (χ4n) is 2.53. The van der Waals surface area contributed by atoms with E-state index in [1.807, 2.05) is 18.2 Å². The van der Waals surface area contributed by atoms with Gasteiger partial charge in [0.1, 0.15) is 5.69 Å². The summed E-state index contributed by atoms with van der Waals surface area (Å²) in [6.07, 6.45) is 0. The number of anilines is 1. The number of aromatic amines is 3. The van der Waals surface area contributed by atoms with E-state index in [1.165, 1.54) is 0 Å². The molecule has 2 aromatic heterocycles. The molecule has 6 nitrogen and oxygen atoms in total. The molecule has 0 spiro atoms. The lowest BCUT2D eigenvalue weighted by Gasteiger charge is -2.03. The van der Waals surface area contributed by atoms with E-state index in [4.69, 9.17) is 0 Å². The third-order valence-electron chi connectivity index (χ3n) is 3.60. The van der Waals surface area contributed by atoms with Crippen LogP contribution in [0, 0.1) is 0 Å². The number of imidazole rings is 1. The third kappa shape index (κ3) is 2.55. The molecule has 7 heteroatoms. The van der Waals surface area contributed by atoms with Crippen LogP contribution in [-0.2, 0) is 0 Å². The minimum Gasteiger partial charge on any atom is -0.350 e. The zero-order valence-electron chi connectivity index (χ0n) is 11.7. The highest BCUT2D eigenvalue weighted by atomic mass is 79.9. The van der Waals surface area contributed by atoms with E-state index in [-0.39, 0.29) is 11.6 Å². The van der Waals surface area contributed by atoms with Crippen molar-refractivity contribution in [1.29, 1.82) is 0 Å². The number of hydrogen-bond acceptors (Lipinski definition) is 2. The van der Waals surface area contributed by atoms with Gasteiger partial charge in [0.2, 0.25) is 0 Å². The highest BCUT2D eigenvalue weighted by Crippen LogP contribution is 2.21. The lowest BCUT2D eigenvalue weighted by Crippen LogP contribution is -2.12. The second-order valence-corrected chi connectivity index (χ2v) is 6.12. The van der Waals surface area contributed by atoms with Crippen LogP contribution in [0.5, 0.6) is 0 Å². The number of halogens is 1. The summed E-state index contributed by atoms with van der Waals surface area (Å²) in [7, 11) is 0. The predicted molar refractivity (Wildman–Crippen MR) is 92.9 cm³/mol.